The molecule has 0 N–H and O–H groups in total. The first-order valence-corrected chi connectivity index (χ1v) is 9.22. The van der Waals surface area contributed by atoms with Crippen LogP contribution in [0.15, 0.2) is 27.8 Å². The van der Waals surface area contributed by atoms with E-state index >= 15 is 0 Å². The van der Waals surface area contributed by atoms with E-state index in [0.29, 0.717) is 30.3 Å². The van der Waals surface area contributed by atoms with Gasteiger partial charge in [-0.2, -0.15) is 10.1 Å². The number of imidazole rings is 1. The molecule has 3 aromatic rings. The predicted molar refractivity (Wildman–Crippen MR) is 107 cm³/mol. The third kappa shape index (κ3) is 3.33. The topological polar surface area (TPSA) is 88.9 Å². The molecule has 0 aliphatic carbocycles. The quantitative estimate of drug-likeness (QED) is 0.451. The number of aromatic nitrogens is 6. The summed E-state index contributed by atoms with van der Waals surface area (Å²) in [6, 6.07) is 1.93. The van der Waals surface area contributed by atoms with Crippen LogP contribution in [0.2, 0.25) is 0 Å². The molecule has 0 unspecified atom stereocenters. The molecule has 3 heterocycles. The second-order valence-corrected chi connectivity index (χ2v) is 6.96. The van der Waals surface area contributed by atoms with E-state index in [4.69, 9.17) is 4.74 Å². The Kier molecular flexibility index (Phi) is 5.37. The lowest BCUT2D eigenvalue weighted by Gasteiger charge is -2.11. The molecule has 0 fully saturated rings. The summed E-state index contributed by atoms with van der Waals surface area (Å²) < 4.78 is 11.4. The highest BCUT2D eigenvalue weighted by molar-refractivity contribution is 5.73. The van der Waals surface area contributed by atoms with Crippen LogP contribution in [0.5, 0.6) is 0 Å². The van der Waals surface area contributed by atoms with Crippen LogP contribution in [0.1, 0.15) is 25.2 Å². The number of allylic oxidation sites excluding steroid dienone is 1. The van der Waals surface area contributed by atoms with Gasteiger partial charge < -0.3 is 4.74 Å². The van der Waals surface area contributed by atoms with Gasteiger partial charge in [-0.25, -0.2) is 9.48 Å². The maximum absolute atomic E-state index is 13.2. The Balaban J connectivity index is 2.35. The Hall–Kier alpha value is -2.94. The van der Waals surface area contributed by atoms with E-state index in [1.165, 1.54) is 9.13 Å². The number of nitrogens with zero attached hydrogens (tertiary/aromatic N) is 6. The standard InChI is InChI=1S/C19H26N6O3/c1-7-28-9-8-23-17(26)15-16(22(6)19(23)27)20-18(24(15)11-12(2)3)25-14(5)10-13(4)21-25/h10H,2,7-9,11H2,1,3-6H3. The Labute approximate surface area is 162 Å². The lowest BCUT2D eigenvalue weighted by molar-refractivity contribution is 0.137. The molecule has 9 heteroatoms. The number of hydrogen-bond donors (Lipinski definition) is 0. The lowest BCUT2D eigenvalue weighted by Crippen LogP contribution is -2.40. The average molecular weight is 386 g/mol. The fourth-order valence-electron chi connectivity index (χ4n) is 3.27. The van der Waals surface area contributed by atoms with E-state index in [0.717, 1.165) is 17.0 Å². The van der Waals surface area contributed by atoms with E-state index < -0.39 is 5.69 Å². The summed E-state index contributed by atoms with van der Waals surface area (Å²) in [6.45, 7) is 12.9. The first-order chi connectivity index (χ1) is 13.3. The third-order valence-electron chi connectivity index (χ3n) is 4.50. The maximum atomic E-state index is 13.2. The molecule has 3 aromatic heterocycles. The molecule has 0 atom stereocenters. The summed E-state index contributed by atoms with van der Waals surface area (Å²) in [4.78, 5) is 30.5. The second-order valence-electron chi connectivity index (χ2n) is 6.96. The van der Waals surface area contributed by atoms with Gasteiger partial charge in [0.2, 0.25) is 5.95 Å². The van der Waals surface area contributed by atoms with E-state index in [1.807, 2.05) is 33.8 Å². The van der Waals surface area contributed by atoms with E-state index in [1.54, 1.807) is 16.3 Å². The molecule has 0 aliphatic heterocycles. The summed E-state index contributed by atoms with van der Waals surface area (Å²) >= 11 is 0. The van der Waals surface area contributed by atoms with E-state index in [2.05, 4.69) is 16.7 Å². The minimum Gasteiger partial charge on any atom is -0.380 e. The van der Waals surface area contributed by atoms with Gasteiger partial charge in [-0.05, 0) is 33.8 Å². The van der Waals surface area contributed by atoms with Crippen molar-refractivity contribution in [1.29, 1.82) is 0 Å². The lowest BCUT2D eigenvalue weighted by atomic mass is 10.3. The average Bonchev–Trinajstić information content (AvgIpc) is 3.15. The van der Waals surface area contributed by atoms with Crippen LogP contribution in [0.4, 0.5) is 0 Å². The van der Waals surface area contributed by atoms with Gasteiger partial charge in [-0.1, -0.05) is 12.2 Å². The molecule has 150 valence electrons. The van der Waals surface area contributed by atoms with Gasteiger partial charge >= 0.3 is 5.69 Å². The van der Waals surface area contributed by atoms with Crippen molar-refractivity contribution in [3.8, 4) is 5.95 Å². The zero-order valence-corrected chi connectivity index (χ0v) is 17.0. The first kappa shape index (κ1) is 19.8. The summed E-state index contributed by atoms with van der Waals surface area (Å²) in [7, 11) is 1.62. The van der Waals surface area contributed by atoms with Crippen LogP contribution >= 0.6 is 0 Å². The molecular formula is C19H26N6O3. The summed E-state index contributed by atoms with van der Waals surface area (Å²) in [5, 5.41) is 4.50. The molecule has 3 rings (SSSR count). The van der Waals surface area contributed by atoms with Crippen molar-refractivity contribution in [2.45, 2.75) is 40.8 Å². The first-order valence-electron chi connectivity index (χ1n) is 9.22. The van der Waals surface area contributed by atoms with Gasteiger partial charge in [0, 0.05) is 25.9 Å². The Bertz CT molecular complexity index is 1160. The number of aryl methyl sites for hydroxylation is 3. The predicted octanol–water partition coefficient (Wildman–Crippen LogP) is 1.31. The molecule has 28 heavy (non-hydrogen) atoms. The second kappa shape index (κ2) is 7.59. The fourth-order valence-corrected chi connectivity index (χ4v) is 3.27. The molecule has 0 radical (unpaired) electrons. The maximum Gasteiger partial charge on any atom is 0.332 e. The van der Waals surface area contributed by atoms with Crippen LogP contribution in [0.25, 0.3) is 17.1 Å². The van der Waals surface area contributed by atoms with E-state index in [-0.39, 0.29) is 18.7 Å². The van der Waals surface area contributed by atoms with Crippen molar-refractivity contribution in [2.24, 2.45) is 7.05 Å². The number of rotatable bonds is 7. The molecule has 0 saturated carbocycles. The number of ether oxygens (including phenoxy) is 1. The smallest absolute Gasteiger partial charge is 0.332 e. The van der Waals surface area contributed by atoms with Crippen molar-refractivity contribution >= 4 is 11.2 Å². The largest absolute Gasteiger partial charge is 0.380 e. The van der Waals surface area contributed by atoms with Crippen molar-refractivity contribution in [3.63, 3.8) is 0 Å². The highest BCUT2D eigenvalue weighted by Crippen LogP contribution is 2.18. The minimum absolute atomic E-state index is 0.183. The Morgan fingerprint density at radius 2 is 1.96 bits per heavy atom. The molecular weight excluding hydrogens is 360 g/mol. The van der Waals surface area contributed by atoms with Gasteiger partial charge in [0.15, 0.2) is 11.2 Å². The van der Waals surface area contributed by atoms with Gasteiger partial charge in [0.1, 0.15) is 0 Å². The zero-order valence-electron chi connectivity index (χ0n) is 17.0. The fraction of sp³-hybridized carbons (Fsp3) is 0.474. The van der Waals surface area contributed by atoms with Gasteiger partial charge in [-0.3, -0.25) is 18.5 Å². The summed E-state index contributed by atoms with van der Waals surface area (Å²) in [6.07, 6.45) is 0. The van der Waals surface area contributed by atoms with Gasteiger partial charge in [0.25, 0.3) is 5.56 Å². The molecule has 0 aromatic carbocycles. The Morgan fingerprint density at radius 3 is 2.54 bits per heavy atom. The van der Waals surface area contributed by atoms with Gasteiger partial charge in [0.05, 0.1) is 18.8 Å². The molecule has 0 aliphatic rings. The highest BCUT2D eigenvalue weighted by Gasteiger charge is 2.22. The zero-order chi connectivity index (χ0) is 20.6. The Morgan fingerprint density at radius 1 is 1.25 bits per heavy atom. The highest BCUT2D eigenvalue weighted by atomic mass is 16.5. The molecule has 9 nitrogen and oxygen atoms in total. The van der Waals surface area contributed by atoms with Crippen LogP contribution in [-0.2, 0) is 24.9 Å². The summed E-state index contributed by atoms with van der Waals surface area (Å²) in [5.41, 5.74) is 2.45. The number of fused-ring (bicyclic) bond motifs is 1. The normalized spacial score (nSPS) is 11.5. The summed E-state index contributed by atoms with van der Waals surface area (Å²) in [5.74, 6) is 0.484. The monoisotopic (exact) mass is 386 g/mol. The number of hydrogen-bond acceptors (Lipinski definition) is 5. The third-order valence-corrected chi connectivity index (χ3v) is 4.50. The van der Waals surface area contributed by atoms with E-state index in [9.17, 15) is 9.59 Å². The molecule has 0 saturated heterocycles. The van der Waals surface area contributed by atoms with Crippen LogP contribution in [-0.4, -0.2) is 41.7 Å². The minimum atomic E-state index is -0.419. The molecule has 0 spiro atoms. The van der Waals surface area contributed by atoms with Crippen LogP contribution in [0.3, 0.4) is 0 Å². The van der Waals surface area contributed by atoms with Crippen molar-refractivity contribution in [3.05, 3.63) is 50.4 Å². The molecule has 0 amide bonds. The van der Waals surface area contributed by atoms with Crippen LogP contribution < -0.4 is 11.2 Å². The van der Waals surface area contributed by atoms with Crippen molar-refractivity contribution in [2.75, 3.05) is 13.2 Å². The molecule has 0 bridgehead atoms. The SMILES string of the molecule is C=C(C)Cn1c(-n2nc(C)cc2C)nc2c1c(=O)n(CCOCC)c(=O)n2C. The van der Waals surface area contributed by atoms with Crippen molar-refractivity contribution in [1.82, 2.24) is 28.5 Å². The van der Waals surface area contributed by atoms with Crippen LogP contribution in [0, 0.1) is 13.8 Å². The van der Waals surface area contributed by atoms with Gasteiger partial charge in [-0.15, -0.1) is 0 Å². The van der Waals surface area contributed by atoms with Crippen molar-refractivity contribution < 1.29 is 4.74 Å².